The minimum atomic E-state index is -0.0659. The zero-order valence-corrected chi connectivity index (χ0v) is 18.0. The highest BCUT2D eigenvalue weighted by molar-refractivity contribution is 9.10. The number of carbonyl (C=O) groups excluding carboxylic acids is 2. The first-order chi connectivity index (χ1) is 13.5. The predicted octanol–water partition coefficient (Wildman–Crippen LogP) is 3.65. The number of nitrogens with zero attached hydrogens (tertiary/aromatic N) is 2. The number of aromatic nitrogens is 2. The predicted molar refractivity (Wildman–Crippen MR) is 112 cm³/mol. The van der Waals surface area contributed by atoms with Crippen LogP contribution in [0.5, 0.6) is 0 Å². The molecule has 1 fully saturated rings. The van der Waals surface area contributed by atoms with Gasteiger partial charge in [0.25, 0.3) is 5.91 Å². The number of hydrogen-bond acceptors (Lipinski definition) is 3. The third kappa shape index (κ3) is 5.01. The molecular weight excluding hydrogens is 420 g/mol. The molecule has 0 radical (unpaired) electrons. The summed E-state index contributed by atoms with van der Waals surface area (Å²) in [6.45, 7) is 5.36. The van der Waals surface area contributed by atoms with E-state index >= 15 is 0 Å². The van der Waals surface area contributed by atoms with Gasteiger partial charge in [-0.3, -0.25) is 14.7 Å². The molecular formula is C21H27BrN4O2. The number of likely N-dealkylation sites (tertiary alicyclic amines) is 1. The van der Waals surface area contributed by atoms with Gasteiger partial charge in [0.05, 0.1) is 10.2 Å². The van der Waals surface area contributed by atoms with Crippen LogP contribution in [-0.2, 0) is 11.2 Å². The van der Waals surface area contributed by atoms with Crippen molar-refractivity contribution in [1.29, 1.82) is 0 Å². The van der Waals surface area contributed by atoms with Crippen molar-refractivity contribution in [2.24, 2.45) is 0 Å². The van der Waals surface area contributed by atoms with Gasteiger partial charge in [0.15, 0.2) is 5.69 Å². The quantitative estimate of drug-likeness (QED) is 0.710. The van der Waals surface area contributed by atoms with Gasteiger partial charge in [-0.15, -0.1) is 0 Å². The molecule has 2 heterocycles. The average molecular weight is 447 g/mol. The second-order valence-electron chi connectivity index (χ2n) is 7.57. The number of aryl methyl sites for hydroxylation is 1. The zero-order chi connectivity index (χ0) is 20.1. The van der Waals surface area contributed by atoms with Crippen LogP contribution >= 0.6 is 15.9 Å². The molecule has 1 aromatic heterocycles. The molecule has 1 aliphatic rings. The Morgan fingerprint density at radius 1 is 1.25 bits per heavy atom. The Balaban J connectivity index is 1.46. The van der Waals surface area contributed by atoms with Crippen molar-refractivity contribution in [1.82, 2.24) is 20.4 Å². The van der Waals surface area contributed by atoms with Gasteiger partial charge < -0.3 is 10.2 Å². The van der Waals surface area contributed by atoms with E-state index in [-0.39, 0.29) is 23.8 Å². The van der Waals surface area contributed by atoms with Gasteiger partial charge in [0, 0.05) is 25.6 Å². The molecule has 1 saturated heterocycles. The average Bonchev–Trinajstić information content (AvgIpc) is 3.09. The molecule has 3 rings (SSSR count). The minimum absolute atomic E-state index is 0.0659. The first-order valence-electron chi connectivity index (χ1n) is 9.82. The van der Waals surface area contributed by atoms with Crippen LogP contribution in [0.15, 0.2) is 34.8 Å². The van der Waals surface area contributed by atoms with Crippen molar-refractivity contribution in [3.05, 3.63) is 51.8 Å². The molecule has 0 spiro atoms. The smallest absolute Gasteiger partial charge is 0.275 e. The SMILES string of the molecule is CC(C)c1[nH]nc(C(=O)N2CCC(NC(=O)CCc3ccccc3)CC2)c1Br. The van der Waals surface area contributed by atoms with Crippen LogP contribution in [-0.4, -0.2) is 46.0 Å². The Morgan fingerprint density at radius 2 is 1.93 bits per heavy atom. The number of rotatable bonds is 6. The minimum Gasteiger partial charge on any atom is -0.353 e. The third-order valence-electron chi connectivity index (χ3n) is 5.14. The van der Waals surface area contributed by atoms with Crippen molar-refractivity contribution in [3.63, 3.8) is 0 Å². The molecule has 0 atom stereocenters. The van der Waals surface area contributed by atoms with E-state index in [1.807, 2.05) is 35.2 Å². The summed E-state index contributed by atoms with van der Waals surface area (Å²) in [5.74, 6) is 0.273. The first kappa shape index (κ1) is 20.6. The lowest BCUT2D eigenvalue weighted by Gasteiger charge is -2.32. The van der Waals surface area contributed by atoms with E-state index in [1.165, 1.54) is 5.56 Å². The van der Waals surface area contributed by atoms with Crippen molar-refractivity contribution >= 4 is 27.7 Å². The number of benzene rings is 1. The molecule has 28 heavy (non-hydrogen) atoms. The second-order valence-corrected chi connectivity index (χ2v) is 8.37. The summed E-state index contributed by atoms with van der Waals surface area (Å²) < 4.78 is 0.754. The number of amides is 2. The van der Waals surface area contributed by atoms with E-state index in [1.54, 1.807) is 0 Å². The molecule has 6 nitrogen and oxygen atoms in total. The fourth-order valence-corrected chi connectivity index (χ4v) is 4.25. The fourth-order valence-electron chi connectivity index (χ4n) is 3.45. The zero-order valence-electron chi connectivity index (χ0n) is 16.4. The lowest BCUT2D eigenvalue weighted by Crippen LogP contribution is -2.46. The summed E-state index contributed by atoms with van der Waals surface area (Å²) in [4.78, 5) is 26.8. The van der Waals surface area contributed by atoms with Crippen LogP contribution in [0.4, 0.5) is 0 Å². The van der Waals surface area contributed by atoms with E-state index in [4.69, 9.17) is 0 Å². The Bertz CT molecular complexity index is 811. The van der Waals surface area contributed by atoms with Gasteiger partial charge >= 0.3 is 0 Å². The molecule has 150 valence electrons. The third-order valence-corrected chi connectivity index (χ3v) is 5.95. The summed E-state index contributed by atoms with van der Waals surface area (Å²) in [6, 6.07) is 10.2. The molecule has 0 aliphatic carbocycles. The van der Waals surface area contributed by atoms with Crippen LogP contribution < -0.4 is 5.32 Å². The van der Waals surface area contributed by atoms with Crippen LogP contribution in [0.3, 0.4) is 0 Å². The van der Waals surface area contributed by atoms with Crippen LogP contribution in [0, 0.1) is 0 Å². The van der Waals surface area contributed by atoms with Gasteiger partial charge in [0.2, 0.25) is 5.91 Å². The maximum absolute atomic E-state index is 12.8. The van der Waals surface area contributed by atoms with E-state index < -0.39 is 0 Å². The molecule has 2 aromatic rings. The standard InChI is InChI=1S/C21H27BrN4O2/c1-14(2)19-18(22)20(25-24-19)21(28)26-12-10-16(11-13-26)23-17(27)9-8-15-6-4-3-5-7-15/h3-7,14,16H,8-13H2,1-2H3,(H,23,27)(H,24,25). The number of carbonyl (C=O) groups is 2. The van der Waals surface area contributed by atoms with Gasteiger partial charge in [-0.2, -0.15) is 5.10 Å². The van der Waals surface area contributed by atoms with E-state index in [9.17, 15) is 9.59 Å². The number of nitrogens with one attached hydrogen (secondary N) is 2. The molecule has 0 saturated carbocycles. The van der Waals surface area contributed by atoms with Gasteiger partial charge in [-0.25, -0.2) is 0 Å². The summed E-state index contributed by atoms with van der Waals surface area (Å²) >= 11 is 3.50. The van der Waals surface area contributed by atoms with Crippen molar-refractivity contribution in [3.8, 4) is 0 Å². The number of hydrogen-bond donors (Lipinski definition) is 2. The summed E-state index contributed by atoms with van der Waals surface area (Å²) in [5, 5.41) is 10.3. The van der Waals surface area contributed by atoms with Crippen LogP contribution in [0.2, 0.25) is 0 Å². The largest absolute Gasteiger partial charge is 0.353 e. The second kappa shape index (κ2) is 9.37. The van der Waals surface area contributed by atoms with E-state index in [2.05, 4.69) is 45.3 Å². The molecule has 7 heteroatoms. The van der Waals surface area contributed by atoms with E-state index in [0.29, 0.717) is 25.2 Å². The molecule has 0 bridgehead atoms. The lowest BCUT2D eigenvalue weighted by molar-refractivity contribution is -0.122. The van der Waals surface area contributed by atoms with Crippen molar-refractivity contribution < 1.29 is 9.59 Å². The highest BCUT2D eigenvalue weighted by atomic mass is 79.9. The molecule has 1 aromatic carbocycles. The molecule has 2 N–H and O–H groups in total. The van der Waals surface area contributed by atoms with Crippen molar-refractivity contribution in [2.75, 3.05) is 13.1 Å². The molecule has 2 amide bonds. The monoisotopic (exact) mass is 446 g/mol. The highest BCUT2D eigenvalue weighted by Gasteiger charge is 2.28. The maximum atomic E-state index is 12.8. The summed E-state index contributed by atoms with van der Waals surface area (Å²) in [6.07, 6.45) is 2.76. The van der Waals surface area contributed by atoms with Gasteiger partial charge in [-0.05, 0) is 46.7 Å². The van der Waals surface area contributed by atoms with Crippen LogP contribution in [0.1, 0.15) is 60.8 Å². The van der Waals surface area contributed by atoms with Crippen molar-refractivity contribution in [2.45, 2.75) is 51.5 Å². The Labute approximate surface area is 174 Å². The fraction of sp³-hybridized carbons (Fsp3) is 0.476. The Morgan fingerprint density at radius 3 is 2.54 bits per heavy atom. The van der Waals surface area contributed by atoms with Crippen LogP contribution in [0.25, 0.3) is 0 Å². The normalized spacial score (nSPS) is 15.1. The Kier molecular flexibility index (Phi) is 6.88. The molecule has 1 aliphatic heterocycles. The highest BCUT2D eigenvalue weighted by Crippen LogP contribution is 2.27. The topological polar surface area (TPSA) is 78.1 Å². The number of H-pyrrole nitrogens is 1. The number of piperidine rings is 1. The first-order valence-corrected chi connectivity index (χ1v) is 10.6. The Hall–Kier alpha value is -2.15. The van der Waals surface area contributed by atoms with Gasteiger partial charge in [-0.1, -0.05) is 44.2 Å². The lowest BCUT2D eigenvalue weighted by atomic mass is 10.0. The van der Waals surface area contributed by atoms with E-state index in [0.717, 1.165) is 29.4 Å². The summed E-state index contributed by atoms with van der Waals surface area (Å²) in [5.41, 5.74) is 2.54. The number of halogens is 1. The summed E-state index contributed by atoms with van der Waals surface area (Å²) in [7, 11) is 0. The number of aromatic amines is 1. The van der Waals surface area contributed by atoms with Gasteiger partial charge in [0.1, 0.15) is 0 Å². The molecule has 0 unspecified atom stereocenters. The maximum Gasteiger partial charge on any atom is 0.275 e.